The van der Waals surface area contributed by atoms with Crippen molar-refractivity contribution in [1.29, 1.82) is 0 Å². The maximum atomic E-state index is 5.60. The third kappa shape index (κ3) is 2.68. The summed E-state index contributed by atoms with van der Waals surface area (Å²) in [5.74, 6) is 0.929. The molecule has 0 saturated heterocycles. The van der Waals surface area contributed by atoms with Gasteiger partial charge in [-0.25, -0.2) is 0 Å². The molecule has 3 nitrogen and oxygen atoms in total. The Kier molecular flexibility index (Phi) is 3.49. The summed E-state index contributed by atoms with van der Waals surface area (Å²) in [7, 11) is 1.70. The fourth-order valence-electron chi connectivity index (χ4n) is 1.94. The predicted octanol–water partition coefficient (Wildman–Crippen LogP) is 2.31. The van der Waals surface area contributed by atoms with E-state index >= 15 is 0 Å². The number of nitrogens with two attached hydrogens (primary N) is 1. The zero-order valence-electron chi connectivity index (χ0n) is 10.3. The van der Waals surface area contributed by atoms with Gasteiger partial charge in [0.25, 0.3) is 0 Å². The normalized spacial score (nSPS) is 10.5. The van der Waals surface area contributed by atoms with Crippen LogP contribution in [-0.4, -0.2) is 11.7 Å². The van der Waals surface area contributed by atoms with Gasteiger partial charge in [0.05, 0.1) is 13.7 Å². The summed E-state index contributed by atoms with van der Waals surface area (Å²) in [4.78, 5) is 0. The zero-order chi connectivity index (χ0) is 12.3. The maximum absolute atomic E-state index is 5.60. The molecule has 0 unspecified atom stereocenters. The molecule has 0 fully saturated rings. The molecule has 0 bridgehead atoms. The summed E-state index contributed by atoms with van der Waals surface area (Å²) in [6.45, 7) is 3.48. The lowest BCUT2D eigenvalue weighted by Gasteiger charge is -2.10. The second kappa shape index (κ2) is 5.06. The van der Waals surface area contributed by atoms with E-state index in [1.165, 1.54) is 11.1 Å². The van der Waals surface area contributed by atoms with E-state index in [2.05, 4.69) is 29.8 Å². The van der Waals surface area contributed by atoms with Crippen LogP contribution in [0.5, 0.6) is 5.75 Å². The maximum Gasteiger partial charge on any atom is 0.123 e. The number of ether oxygens (including phenoxy) is 1. The molecule has 1 aromatic carbocycles. The van der Waals surface area contributed by atoms with Gasteiger partial charge in [-0.05, 0) is 24.6 Å². The smallest absolute Gasteiger partial charge is 0.123 e. The molecule has 2 rings (SSSR count). The van der Waals surface area contributed by atoms with Crippen LogP contribution in [0.1, 0.15) is 16.7 Å². The molecule has 2 aromatic rings. The highest BCUT2D eigenvalue weighted by Crippen LogP contribution is 2.21. The van der Waals surface area contributed by atoms with Gasteiger partial charge in [0.15, 0.2) is 0 Å². The molecule has 1 aromatic heterocycles. The number of methoxy groups -OCH3 is 1. The lowest BCUT2D eigenvalue weighted by Crippen LogP contribution is -2.00. The number of hydrogen-bond donors (Lipinski definition) is 1. The van der Waals surface area contributed by atoms with Crippen molar-refractivity contribution in [1.82, 2.24) is 4.57 Å². The van der Waals surface area contributed by atoms with E-state index in [1.54, 1.807) is 7.11 Å². The fourth-order valence-corrected chi connectivity index (χ4v) is 1.94. The Morgan fingerprint density at radius 2 is 2.12 bits per heavy atom. The number of hydrogen-bond acceptors (Lipinski definition) is 2. The molecule has 17 heavy (non-hydrogen) atoms. The van der Waals surface area contributed by atoms with E-state index in [0.29, 0.717) is 6.54 Å². The molecular weight excluding hydrogens is 212 g/mol. The Labute approximate surface area is 102 Å². The topological polar surface area (TPSA) is 40.2 Å². The summed E-state index contributed by atoms with van der Waals surface area (Å²) >= 11 is 0. The summed E-state index contributed by atoms with van der Waals surface area (Å²) in [5, 5.41) is 0. The first-order valence-corrected chi connectivity index (χ1v) is 5.71. The molecule has 0 radical (unpaired) electrons. The second-order valence-corrected chi connectivity index (χ2v) is 4.21. The van der Waals surface area contributed by atoms with Crippen molar-refractivity contribution < 1.29 is 4.74 Å². The summed E-state index contributed by atoms with van der Waals surface area (Å²) in [6, 6.07) is 8.27. The van der Waals surface area contributed by atoms with E-state index in [9.17, 15) is 0 Å². The van der Waals surface area contributed by atoms with Crippen molar-refractivity contribution in [2.24, 2.45) is 5.73 Å². The minimum absolute atomic E-state index is 0.581. The van der Waals surface area contributed by atoms with Gasteiger partial charge >= 0.3 is 0 Å². The second-order valence-electron chi connectivity index (χ2n) is 4.21. The number of aromatic nitrogens is 1. The highest BCUT2D eigenvalue weighted by atomic mass is 16.5. The van der Waals surface area contributed by atoms with Crippen molar-refractivity contribution >= 4 is 0 Å². The fraction of sp³-hybridized carbons (Fsp3) is 0.286. The largest absolute Gasteiger partial charge is 0.496 e. The molecule has 0 saturated carbocycles. The highest BCUT2D eigenvalue weighted by molar-refractivity contribution is 5.37. The molecule has 0 spiro atoms. The molecular formula is C14H18N2O. The molecule has 0 amide bonds. The highest BCUT2D eigenvalue weighted by Gasteiger charge is 2.04. The third-order valence-corrected chi connectivity index (χ3v) is 2.84. The van der Waals surface area contributed by atoms with Crippen LogP contribution in [0.25, 0.3) is 0 Å². The van der Waals surface area contributed by atoms with Gasteiger partial charge in [-0.3, -0.25) is 0 Å². The molecule has 1 heterocycles. The average molecular weight is 230 g/mol. The Morgan fingerprint density at radius 3 is 2.76 bits per heavy atom. The Balaban J connectivity index is 2.25. The molecule has 0 aliphatic rings. The van der Waals surface area contributed by atoms with Crippen LogP contribution in [0.3, 0.4) is 0 Å². The molecule has 90 valence electrons. The SMILES string of the molecule is COc1ccc(C)cc1Cn1ccc(CN)c1. The Morgan fingerprint density at radius 1 is 1.29 bits per heavy atom. The summed E-state index contributed by atoms with van der Waals surface area (Å²) in [6.07, 6.45) is 4.12. The summed E-state index contributed by atoms with van der Waals surface area (Å²) < 4.78 is 7.49. The first-order valence-electron chi connectivity index (χ1n) is 5.71. The minimum Gasteiger partial charge on any atom is -0.496 e. The lowest BCUT2D eigenvalue weighted by atomic mass is 10.1. The van der Waals surface area contributed by atoms with E-state index in [-0.39, 0.29) is 0 Å². The molecule has 0 aliphatic carbocycles. The van der Waals surface area contributed by atoms with Gasteiger partial charge < -0.3 is 15.0 Å². The van der Waals surface area contributed by atoms with Crippen molar-refractivity contribution in [3.05, 3.63) is 53.3 Å². The Bertz CT molecular complexity index is 503. The van der Waals surface area contributed by atoms with Gasteiger partial charge in [-0.15, -0.1) is 0 Å². The number of benzene rings is 1. The van der Waals surface area contributed by atoms with Gasteiger partial charge in [0.1, 0.15) is 5.75 Å². The number of aryl methyl sites for hydroxylation is 1. The van der Waals surface area contributed by atoms with Crippen LogP contribution in [0.15, 0.2) is 36.7 Å². The first kappa shape index (κ1) is 11.7. The van der Waals surface area contributed by atoms with Crippen molar-refractivity contribution in [3.8, 4) is 5.75 Å². The summed E-state index contributed by atoms with van der Waals surface area (Å²) in [5.41, 5.74) is 9.18. The van der Waals surface area contributed by atoms with Crippen LogP contribution in [0, 0.1) is 6.92 Å². The van der Waals surface area contributed by atoms with E-state index in [1.807, 2.05) is 18.3 Å². The number of nitrogens with zero attached hydrogens (tertiary/aromatic N) is 1. The third-order valence-electron chi connectivity index (χ3n) is 2.84. The average Bonchev–Trinajstić information content (AvgIpc) is 2.77. The van der Waals surface area contributed by atoms with E-state index < -0.39 is 0 Å². The Hall–Kier alpha value is -1.74. The van der Waals surface area contributed by atoms with Gasteiger partial charge in [0, 0.05) is 24.5 Å². The van der Waals surface area contributed by atoms with Crippen molar-refractivity contribution in [2.75, 3.05) is 7.11 Å². The number of rotatable bonds is 4. The van der Waals surface area contributed by atoms with Crippen molar-refractivity contribution in [2.45, 2.75) is 20.0 Å². The van der Waals surface area contributed by atoms with Crippen LogP contribution >= 0.6 is 0 Å². The van der Waals surface area contributed by atoms with Crippen molar-refractivity contribution in [3.63, 3.8) is 0 Å². The minimum atomic E-state index is 0.581. The predicted molar refractivity (Wildman–Crippen MR) is 69.2 cm³/mol. The molecule has 3 heteroatoms. The van der Waals surface area contributed by atoms with Crippen LogP contribution in [-0.2, 0) is 13.1 Å². The van der Waals surface area contributed by atoms with Crippen LogP contribution in [0.2, 0.25) is 0 Å². The monoisotopic (exact) mass is 230 g/mol. The molecule has 2 N–H and O–H groups in total. The van der Waals surface area contributed by atoms with Gasteiger partial charge in [0.2, 0.25) is 0 Å². The van der Waals surface area contributed by atoms with E-state index in [0.717, 1.165) is 17.9 Å². The van der Waals surface area contributed by atoms with Gasteiger partial charge in [-0.2, -0.15) is 0 Å². The lowest BCUT2D eigenvalue weighted by molar-refractivity contribution is 0.408. The quantitative estimate of drug-likeness (QED) is 0.875. The molecule has 0 aliphatic heterocycles. The van der Waals surface area contributed by atoms with Crippen LogP contribution in [0.4, 0.5) is 0 Å². The van der Waals surface area contributed by atoms with E-state index in [4.69, 9.17) is 10.5 Å². The molecule has 0 atom stereocenters. The zero-order valence-corrected chi connectivity index (χ0v) is 10.3. The first-order chi connectivity index (χ1) is 8.22. The standard InChI is InChI=1S/C14H18N2O/c1-11-3-4-14(17-2)13(7-11)10-16-6-5-12(8-15)9-16/h3-7,9H,8,10,15H2,1-2H3. The van der Waals surface area contributed by atoms with Crippen LogP contribution < -0.4 is 10.5 Å². The van der Waals surface area contributed by atoms with Gasteiger partial charge in [-0.1, -0.05) is 17.7 Å².